The van der Waals surface area contributed by atoms with E-state index in [9.17, 15) is 13.6 Å². The Kier molecular flexibility index (Phi) is 3.10. The number of aldehydes is 1. The second kappa shape index (κ2) is 4.56. The molecule has 0 saturated carbocycles. The van der Waals surface area contributed by atoms with Gasteiger partial charge in [0.15, 0.2) is 17.9 Å². The summed E-state index contributed by atoms with van der Waals surface area (Å²) >= 11 is 0. The molecule has 94 valence electrons. The fourth-order valence-electron chi connectivity index (χ4n) is 1.70. The van der Waals surface area contributed by atoms with Crippen molar-refractivity contribution in [2.24, 2.45) is 0 Å². The van der Waals surface area contributed by atoms with Crippen LogP contribution in [0.3, 0.4) is 0 Å². The van der Waals surface area contributed by atoms with Gasteiger partial charge in [0.1, 0.15) is 11.5 Å². The Balaban J connectivity index is 2.62. The van der Waals surface area contributed by atoms with E-state index in [1.807, 2.05) is 6.92 Å². The van der Waals surface area contributed by atoms with Gasteiger partial charge in [0.25, 0.3) is 0 Å². The third-order valence-electron chi connectivity index (χ3n) is 2.64. The summed E-state index contributed by atoms with van der Waals surface area (Å²) in [4.78, 5) is 11.0. The minimum absolute atomic E-state index is 0.183. The van der Waals surface area contributed by atoms with Crippen LogP contribution in [0.5, 0.6) is 0 Å². The summed E-state index contributed by atoms with van der Waals surface area (Å²) in [5.41, 5.74) is 6.48. The average Bonchev–Trinajstić information content (AvgIpc) is 2.69. The second-order valence-electron chi connectivity index (χ2n) is 3.71. The maximum Gasteiger partial charge on any atom is 0.159 e. The van der Waals surface area contributed by atoms with Crippen molar-refractivity contribution in [3.63, 3.8) is 0 Å². The van der Waals surface area contributed by atoms with Crippen LogP contribution in [0, 0.1) is 11.6 Å². The van der Waals surface area contributed by atoms with Crippen LogP contribution in [0.25, 0.3) is 11.3 Å². The monoisotopic (exact) mass is 251 g/mol. The highest BCUT2D eigenvalue weighted by molar-refractivity contribution is 5.91. The van der Waals surface area contributed by atoms with Crippen LogP contribution in [-0.2, 0) is 6.54 Å². The Morgan fingerprint density at radius 1 is 1.39 bits per heavy atom. The minimum Gasteiger partial charge on any atom is -0.383 e. The van der Waals surface area contributed by atoms with Gasteiger partial charge in [0.2, 0.25) is 0 Å². The first-order valence-corrected chi connectivity index (χ1v) is 5.35. The van der Waals surface area contributed by atoms with Crippen LogP contribution in [0.15, 0.2) is 18.2 Å². The Labute approximate surface area is 102 Å². The molecule has 0 aliphatic carbocycles. The first-order chi connectivity index (χ1) is 8.58. The zero-order valence-corrected chi connectivity index (χ0v) is 9.65. The van der Waals surface area contributed by atoms with E-state index in [0.29, 0.717) is 18.4 Å². The number of halogens is 2. The van der Waals surface area contributed by atoms with Crippen LogP contribution in [-0.4, -0.2) is 16.1 Å². The van der Waals surface area contributed by atoms with Crippen molar-refractivity contribution in [1.82, 2.24) is 9.78 Å². The molecule has 0 fully saturated rings. The number of aryl methyl sites for hydroxylation is 1. The zero-order valence-electron chi connectivity index (χ0n) is 9.65. The number of hydrogen-bond donors (Lipinski definition) is 1. The van der Waals surface area contributed by atoms with E-state index in [2.05, 4.69) is 5.10 Å². The lowest BCUT2D eigenvalue weighted by molar-refractivity contribution is 0.112. The van der Waals surface area contributed by atoms with Crippen molar-refractivity contribution >= 4 is 12.1 Å². The minimum atomic E-state index is -0.992. The van der Waals surface area contributed by atoms with E-state index >= 15 is 0 Å². The van der Waals surface area contributed by atoms with Crippen molar-refractivity contribution in [3.8, 4) is 11.3 Å². The van der Waals surface area contributed by atoms with E-state index in [1.165, 1.54) is 10.7 Å². The van der Waals surface area contributed by atoms with Gasteiger partial charge in [-0.05, 0) is 25.1 Å². The molecule has 18 heavy (non-hydrogen) atoms. The van der Waals surface area contributed by atoms with Gasteiger partial charge in [-0.2, -0.15) is 5.10 Å². The lowest BCUT2D eigenvalue weighted by atomic mass is 10.1. The Bertz CT molecular complexity index is 608. The van der Waals surface area contributed by atoms with Crippen LogP contribution in [0.4, 0.5) is 14.6 Å². The van der Waals surface area contributed by atoms with Crippen LogP contribution >= 0.6 is 0 Å². The Morgan fingerprint density at radius 2 is 2.11 bits per heavy atom. The Morgan fingerprint density at radius 3 is 2.67 bits per heavy atom. The fraction of sp³-hybridized carbons (Fsp3) is 0.167. The maximum absolute atomic E-state index is 13.2. The van der Waals surface area contributed by atoms with Crippen LogP contribution < -0.4 is 5.73 Å². The van der Waals surface area contributed by atoms with Gasteiger partial charge in [-0.15, -0.1) is 0 Å². The summed E-state index contributed by atoms with van der Waals surface area (Å²) in [6, 6.07) is 3.33. The number of anilines is 1. The van der Waals surface area contributed by atoms with Gasteiger partial charge in [-0.25, -0.2) is 13.5 Å². The number of nitrogens with two attached hydrogens (primary N) is 1. The molecule has 0 amide bonds. The molecule has 2 aromatic rings. The molecule has 1 heterocycles. The molecule has 0 atom stereocenters. The summed E-state index contributed by atoms with van der Waals surface area (Å²) in [5, 5.41) is 4.11. The molecule has 0 saturated heterocycles. The second-order valence-corrected chi connectivity index (χ2v) is 3.71. The predicted molar refractivity (Wildman–Crippen MR) is 63.1 cm³/mol. The number of benzene rings is 1. The van der Waals surface area contributed by atoms with Gasteiger partial charge < -0.3 is 5.73 Å². The van der Waals surface area contributed by atoms with Crippen molar-refractivity contribution in [1.29, 1.82) is 0 Å². The van der Waals surface area contributed by atoms with E-state index in [4.69, 9.17) is 5.73 Å². The number of nitrogens with zero attached hydrogens (tertiary/aromatic N) is 2. The highest BCUT2D eigenvalue weighted by Crippen LogP contribution is 2.26. The molecule has 4 nitrogen and oxygen atoms in total. The van der Waals surface area contributed by atoms with Gasteiger partial charge in [-0.1, -0.05) is 0 Å². The van der Waals surface area contributed by atoms with E-state index in [1.54, 1.807) is 0 Å². The highest BCUT2D eigenvalue weighted by Gasteiger charge is 2.17. The topological polar surface area (TPSA) is 60.9 Å². The first-order valence-electron chi connectivity index (χ1n) is 5.35. The Hall–Kier alpha value is -2.24. The molecule has 2 rings (SSSR count). The van der Waals surface area contributed by atoms with Crippen LogP contribution in [0.2, 0.25) is 0 Å². The smallest absolute Gasteiger partial charge is 0.159 e. The lowest BCUT2D eigenvalue weighted by Gasteiger charge is -1.99. The zero-order chi connectivity index (χ0) is 13.3. The number of carbonyl (C=O) groups excluding carboxylic acids is 1. The SMILES string of the molecule is CCn1nc(-c2ccc(F)c(F)c2)c(C=O)c1N. The van der Waals surface area contributed by atoms with Crippen molar-refractivity contribution in [2.45, 2.75) is 13.5 Å². The molecular weight excluding hydrogens is 240 g/mol. The maximum atomic E-state index is 13.2. The van der Waals surface area contributed by atoms with Gasteiger partial charge >= 0.3 is 0 Å². The number of rotatable bonds is 3. The summed E-state index contributed by atoms with van der Waals surface area (Å²) in [7, 11) is 0. The number of aromatic nitrogens is 2. The molecule has 1 aromatic carbocycles. The number of hydrogen-bond acceptors (Lipinski definition) is 3. The summed E-state index contributed by atoms with van der Waals surface area (Å²) in [6.45, 7) is 2.29. The average molecular weight is 251 g/mol. The molecule has 0 spiro atoms. The van der Waals surface area contributed by atoms with Gasteiger partial charge in [0, 0.05) is 12.1 Å². The lowest BCUT2D eigenvalue weighted by Crippen LogP contribution is -2.02. The van der Waals surface area contributed by atoms with E-state index in [-0.39, 0.29) is 17.1 Å². The third kappa shape index (κ3) is 1.85. The number of nitrogen functional groups attached to an aromatic ring is 1. The molecule has 0 unspecified atom stereocenters. The van der Waals surface area contributed by atoms with Gasteiger partial charge in [0.05, 0.1) is 5.56 Å². The standard InChI is InChI=1S/C12H11F2N3O/c1-2-17-12(15)8(6-18)11(16-17)7-3-4-9(13)10(14)5-7/h3-6H,2,15H2,1H3. The summed E-state index contributed by atoms with van der Waals surface area (Å²) in [5.74, 6) is -1.73. The van der Waals surface area contributed by atoms with Gasteiger partial charge in [-0.3, -0.25) is 4.79 Å². The summed E-state index contributed by atoms with van der Waals surface area (Å²) < 4.78 is 27.4. The summed E-state index contributed by atoms with van der Waals surface area (Å²) in [6.07, 6.45) is 0.561. The molecule has 0 radical (unpaired) electrons. The number of carbonyl (C=O) groups is 1. The predicted octanol–water partition coefficient (Wildman–Crippen LogP) is 2.24. The first kappa shape index (κ1) is 12.2. The highest BCUT2D eigenvalue weighted by atomic mass is 19.2. The normalized spacial score (nSPS) is 10.6. The quantitative estimate of drug-likeness (QED) is 0.851. The molecule has 0 aliphatic heterocycles. The van der Waals surface area contributed by atoms with E-state index < -0.39 is 11.6 Å². The molecule has 6 heteroatoms. The molecule has 2 N–H and O–H groups in total. The van der Waals surface area contributed by atoms with E-state index in [0.717, 1.165) is 12.1 Å². The molecule has 0 aliphatic rings. The third-order valence-corrected chi connectivity index (χ3v) is 2.64. The van der Waals surface area contributed by atoms with Crippen molar-refractivity contribution < 1.29 is 13.6 Å². The molecular formula is C12H11F2N3O. The fourth-order valence-corrected chi connectivity index (χ4v) is 1.70. The van der Waals surface area contributed by atoms with Crippen LogP contribution in [0.1, 0.15) is 17.3 Å². The molecule has 1 aromatic heterocycles. The van der Waals surface area contributed by atoms with Crippen molar-refractivity contribution in [3.05, 3.63) is 35.4 Å². The largest absolute Gasteiger partial charge is 0.383 e. The van der Waals surface area contributed by atoms with Crippen molar-refractivity contribution in [2.75, 3.05) is 5.73 Å². The molecule has 0 bridgehead atoms.